The Hall–Kier alpha value is -0.830. The largest absolute Gasteiger partial charge is 0.466 e. The summed E-state index contributed by atoms with van der Waals surface area (Å²) in [7, 11) is 3.31. The number of carbonyl (C=O) groups is 1. The van der Waals surface area contributed by atoms with Crippen molar-refractivity contribution in [3.05, 3.63) is 11.1 Å². The van der Waals surface area contributed by atoms with Gasteiger partial charge in [-0.15, -0.1) is 0 Å². The van der Waals surface area contributed by atoms with Crippen LogP contribution >= 0.6 is 0 Å². The van der Waals surface area contributed by atoms with Crippen molar-refractivity contribution in [2.45, 2.75) is 33.7 Å². The Morgan fingerprint density at radius 3 is 2.07 bits per heavy atom. The molecule has 0 saturated carbocycles. The molecule has 0 aliphatic rings. The van der Waals surface area contributed by atoms with Gasteiger partial charge < -0.3 is 10.1 Å². The lowest BCUT2D eigenvalue weighted by Crippen LogP contribution is -2.33. The van der Waals surface area contributed by atoms with Gasteiger partial charge in [0.2, 0.25) is 0 Å². The van der Waals surface area contributed by atoms with Crippen LogP contribution in [0.3, 0.4) is 0 Å². The highest BCUT2D eigenvalue weighted by molar-refractivity contribution is 5.88. The highest BCUT2D eigenvalue weighted by Crippen LogP contribution is 2.16. The lowest BCUT2D eigenvalue weighted by Gasteiger charge is -2.22. The number of rotatable bonds is 4. The minimum Gasteiger partial charge on any atom is -0.466 e. The van der Waals surface area contributed by atoms with Crippen molar-refractivity contribution in [3.8, 4) is 0 Å². The molecule has 0 unspecified atom stereocenters. The molecular weight excluding hydrogens is 178 g/mol. The first-order chi connectivity index (χ1) is 6.45. The van der Waals surface area contributed by atoms with Crippen molar-refractivity contribution in [1.82, 2.24) is 5.32 Å². The van der Waals surface area contributed by atoms with Crippen LogP contribution in [0.2, 0.25) is 0 Å². The van der Waals surface area contributed by atoms with E-state index in [1.54, 1.807) is 6.92 Å². The third kappa shape index (κ3) is 3.14. The molecule has 0 aliphatic carbocycles. The Kier molecular flexibility index (Phi) is 5.46. The van der Waals surface area contributed by atoms with E-state index in [0.717, 1.165) is 5.57 Å². The summed E-state index contributed by atoms with van der Waals surface area (Å²) in [5, 5.41) is 3.20. The highest BCUT2D eigenvalue weighted by atomic mass is 16.5. The van der Waals surface area contributed by atoms with Gasteiger partial charge in [-0.2, -0.15) is 0 Å². The average Bonchev–Trinajstić information content (AvgIpc) is 2.15. The number of ether oxygens (including phenoxy) is 1. The second kappa shape index (κ2) is 5.81. The molecular formula is C11H21NO2. The van der Waals surface area contributed by atoms with Crippen molar-refractivity contribution in [3.63, 3.8) is 0 Å². The maximum atomic E-state index is 11.3. The van der Waals surface area contributed by atoms with E-state index in [1.165, 1.54) is 7.11 Å². The molecule has 0 fully saturated rings. The average molecular weight is 199 g/mol. The summed E-state index contributed by atoms with van der Waals surface area (Å²) < 4.78 is 4.68. The van der Waals surface area contributed by atoms with Crippen molar-refractivity contribution >= 4 is 5.97 Å². The van der Waals surface area contributed by atoms with Crippen LogP contribution in [-0.2, 0) is 9.53 Å². The van der Waals surface area contributed by atoms with Gasteiger partial charge in [-0.1, -0.05) is 13.8 Å². The molecule has 0 bridgehead atoms. The first-order valence-electron chi connectivity index (χ1n) is 4.88. The molecule has 3 heteroatoms. The molecule has 82 valence electrons. The fraction of sp³-hybridized carbons (Fsp3) is 0.727. The van der Waals surface area contributed by atoms with Gasteiger partial charge in [-0.25, -0.2) is 4.79 Å². The summed E-state index contributed by atoms with van der Waals surface area (Å²) in [5.74, 6) is 0.211. The van der Waals surface area contributed by atoms with E-state index in [1.807, 2.05) is 14.0 Å². The van der Waals surface area contributed by atoms with Gasteiger partial charge in [0.25, 0.3) is 0 Å². The summed E-state index contributed by atoms with van der Waals surface area (Å²) >= 11 is 0. The zero-order chi connectivity index (χ0) is 11.3. The summed E-state index contributed by atoms with van der Waals surface area (Å²) in [6, 6.07) is 0.231. The number of methoxy groups -OCH3 is 1. The molecule has 0 amide bonds. The Balaban J connectivity index is 4.86. The molecule has 0 aromatic rings. The lowest BCUT2D eigenvalue weighted by atomic mass is 9.94. The second-order valence-corrected chi connectivity index (χ2v) is 3.81. The van der Waals surface area contributed by atoms with E-state index in [9.17, 15) is 4.79 Å². The van der Waals surface area contributed by atoms with Crippen LogP contribution in [-0.4, -0.2) is 26.2 Å². The fourth-order valence-electron chi connectivity index (χ4n) is 1.60. The van der Waals surface area contributed by atoms with Crippen LogP contribution in [0.1, 0.15) is 27.7 Å². The number of esters is 1. The van der Waals surface area contributed by atoms with E-state index in [4.69, 9.17) is 0 Å². The summed E-state index contributed by atoms with van der Waals surface area (Å²) in [6.07, 6.45) is 0. The van der Waals surface area contributed by atoms with Crippen LogP contribution in [0, 0.1) is 5.92 Å². The maximum Gasteiger partial charge on any atom is 0.333 e. The van der Waals surface area contributed by atoms with E-state index >= 15 is 0 Å². The van der Waals surface area contributed by atoms with Crippen molar-refractivity contribution in [2.75, 3.05) is 14.2 Å². The maximum absolute atomic E-state index is 11.3. The van der Waals surface area contributed by atoms with Crippen molar-refractivity contribution in [2.24, 2.45) is 5.92 Å². The van der Waals surface area contributed by atoms with Gasteiger partial charge in [-0.05, 0) is 32.4 Å². The van der Waals surface area contributed by atoms with E-state index in [0.29, 0.717) is 11.5 Å². The zero-order valence-electron chi connectivity index (χ0n) is 9.97. The SMILES string of the molecule is CN[C@@H](/C(C)=C(\C)C(=O)OC)C(C)C. The molecule has 0 aromatic heterocycles. The number of nitrogens with one attached hydrogen (secondary N) is 1. The minimum atomic E-state index is -0.247. The Morgan fingerprint density at radius 2 is 1.79 bits per heavy atom. The predicted molar refractivity (Wildman–Crippen MR) is 58.1 cm³/mol. The molecule has 1 atom stereocenters. The van der Waals surface area contributed by atoms with Crippen LogP contribution in [0.5, 0.6) is 0 Å². The van der Waals surface area contributed by atoms with Gasteiger partial charge in [-0.3, -0.25) is 0 Å². The van der Waals surface area contributed by atoms with Crippen LogP contribution < -0.4 is 5.32 Å². The minimum absolute atomic E-state index is 0.231. The van der Waals surface area contributed by atoms with Crippen LogP contribution in [0.4, 0.5) is 0 Å². The third-order valence-corrected chi connectivity index (χ3v) is 2.53. The molecule has 3 nitrogen and oxygen atoms in total. The van der Waals surface area contributed by atoms with Gasteiger partial charge in [0.1, 0.15) is 0 Å². The van der Waals surface area contributed by atoms with Crippen LogP contribution in [0.15, 0.2) is 11.1 Å². The zero-order valence-corrected chi connectivity index (χ0v) is 9.97. The summed E-state index contributed by atoms with van der Waals surface area (Å²) in [6.45, 7) is 8.01. The predicted octanol–water partition coefficient (Wildman–Crippen LogP) is 1.74. The topological polar surface area (TPSA) is 38.3 Å². The number of likely N-dealkylation sites (N-methyl/N-ethyl adjacent to an activating group) is 1. The molecule has 0 aromatic carbocycles. The molecule has 0 heterocycles. The van der Waals surface area contributed by atoms with E-state index in [-0.39, 0.29) is 12.0 Å². The number of hydrogen-bond acceptors (Lipinski definition) is 3. The Bertz CT molecular complexity index is 231. The standard InChI is InChI=1S/C11H21NO2/c1-7(2)10(12-5)8(3)9(4)11(13)14-6/h7,10,12H,1-6H3/b9-8+/t10-/m1/s1. The molecule has 1 N–H and O–H groups in total. The van der Waals surface area contributed by atoms with E-state index < -0.39 is 0 Å². The third-order valence-electron chi connectivity index (χ3n) is 2.53. The number of carbonyl (C=O) groups excluding carboxylic acids is 1. The lowest BCUT2D eigenvalue weighted by molar-refractivity contribution is -0.136. The van der Waals surface area contributed by atoms with Gasteiger partial charge in [0.05, 0.1) is 7.11 Å². The Labute approximate surface area is 86.5 Å². The van der Waals surface area contributed by atoms with Gasteiger partial charge >= 0.3 is 5.97 Å². The monoisotopic (exact) mass is 199 g/mol. The van der Waals surface area contributed by atoms with E-state index in [2.05, 4.69) is 23.9 Å². The summed E-state index contributed by atoms with van der Waals surface area (Å²) in [5.41, 5.74) is 1.75. The molecule has 14 heavy (non-hydrogen) atoms. The molecule has 0 spiro atoms. The number of hydrogen-bond donors (Lipinski definition) is 1. The normalized spacial score (nSPS) is 15.1. The smallest absolute Gasteiger partial charge is 0.333 e. The van der Waals surface area contributed by atoms with Crippen molar-refractivity contribution < 1.29 is 9.53 Å². The van der Waals surface area contributed by atoms with Crippen LogP contribution in [0.25, 0.3) is 0 Å². The van der Waals surface area contributed by atoms with Gasteiger partial charge in [0, 0.05) is 11.6 Å². The highest BCUT2D eigenvalue weighted by Gasteiger charge is 2.17. The molecule has 0 radical (unpaired) electrons. The quantitative estimate of drug-likeness (QED) is 0.553. The van der Waals surface area contributed by atoms with Gasteiger partial charge in [0.15, 0.2) is 0 Å². The first kappa shape index (κ1) is 13.2. The fourth-order valence-corrected chi connectivity index (χ4v) is 1.60. The second-order valence-electron chi connectivity index (χ2n) is 3.81. The first-order valence-corrected chi connectivity index (χ1v) is 4.88. The molecule has 0 aliphatic heterocycles. The summed E-state index contributed by atoms with van der Waals surface area (Å²) in [4.78, 5) is 11.3. The molecule has 0 rings (SSSR count). The van der Waals surface area contributed by atoms with Crippen molar-refractivity contribution in [1.29, 1.82) is 0 Å². The molecule has 0 saturated heterocycles. The Morgan fingerprint density at radius 1 is 1.29 bits per heavy atom.